The second kappa shape index (κ2) is 4.79. The molecule has 0 aromatic carbocycles. The Morgan fingerprint density at radius 2 is 2.00 bits per heavy atom. The lowest BCUT2D eigenvalue weighted by molar-refractivity contribution is -0.114. The average Bonchev–Trinajstić information content (AvgIpc) is 1.79. The van der Waals surface area contributed by atoms with Crippen LogP contribution in [0.25, 0.3) is 0 Å². The molecule has 10 heavy (non-hydrogen) atoms. The summed E-state index contributed by atoms with van der Waals surface area (Å²) in [5.74, 6) is -0.168. The van der Waals surface area contributed by atoms with Gasteiger partial charge in [-0.1, -0.05) is 32.1 Å². The van der Waals surface area contributed by atoms with Gasteiger partial charge in [0.1, 0.15) is 0 Å². The summed E-state index contributed by atoms with van der Waals surface area (Å²) in [4.78, 5) is 10.0. The molecule has 2 heteroatoms. The van der Waals surface area contributed by atoms with Crippen LogP contribution in [0.15, 0.2) is 24.3 Å². The number of carbonyl (C=O) groups excluding carboxylic acids is 1. The molecule has 0 unspecified atom stereocenters. The lowest BCUT2D eigenvalue weighted by atomic mass is 10.2. The van der Waals surface area contributed by atoms with Crippen molar-refractivity contribution in [2.75, 3.05) is 0 Å². The predicted molar refractivity (Wildman–Crippen MR) is 41.2 cm³/mol. The number of rotatable bonds is 3. The molecule has 0 atom stereocenters. The Balaban J connectivity index is 3.62. The van der Waals surface area contributed by atoms with Crippen molar-refractivity contribution in [2.45, 2.75) is 13.8 Å². The van der Waals surface area contributed by atoms with E-state index in [-0.39, 0.29) is 0 Å². The fourth-order valence-corrected chi connectivity index (χ4v) is 0.429. The second-order valence-electron chi connectivity index (χ2n) is 2.35. The molecule has 0 aromatic heterocycles. The number of hydrogen-bond acceptors (Lipinski definition) is 1. The number of amides is 1. The van der Waals surface area contributed by atoms with Crippen molar-refractivity contribution in [1.82, 2.24) is 5.73 Å². The number of allylic oxidation sites excluding steroid dienone is 3. The van der Waals surface area contributed by atoms with Crippen LogP contribution in [-0.2, 0) is 4.79 Å². The Bertz CT molecular complexity index is 157. The van der Waals surface area contributed by atoms with Crippen molar-refractivity contribution in [3.63, 3.8) is 0 Å². The molecule has 0 aromatic rings. The molecule has 0 saturated carbocycles. The van der Waals surface area contributed by atoms with Crippen molar-refractivity contribution in [3.05, 3.63) is 24.3 Å². The number of hydrogen-bond donors (Lipinski definition) is 0. The Morgan fingerprint density at radius 1 is 1.40 bits per heavy atom. The Kier molecular flexibility index (Phi) is 4.29. The first kappa shape index (κ1) is 8.95. The largest absolute Gasteiger partial charge is 0.268 e. The molecular formula is C8H12NO. The van der Waals surface area contributed by atoms with Gasteiger partial charge >= 0.3 is 0 Å². The van der Waals surface area contributed by atoms with E-state index >= 15 is 0 Å². The Morgan fingerprint density at radius 3 is 2.40 bits per heavy atom. The maximum atomic E-state index is 10.0. The van der Waals surface area contributed by atoms with Gasteiger partial charge in [0.25, 0.3) is 5.91 Å². The summed E-state index contributed by atoms with van der Waals surface area (Å²) in [5, 5.41) is 0. The van der Waals surface area contributed by atoms with Crippen LogP contribution < -0.4 is 5.73 Å². The van der Waals surface area contributed by atoms with Crippen LogP contribution in [0.1, 0.15) is 13.8 Å². The van der Waals surface area contributed by atoms with Crippen LogP contribution in [0, 0.1) is 5.92 Å². The summed E-state index contributed by atoms with van der Waals surface area (Å²) in [6.45, 7) is 4.10. The van der Waals surface area contributed by atoms with Crippen molar-refractivity contribution in [2.24, 2.45) is 5.92 Å². The molecule has 1 radical (unpaired) electrons. The summed E-state index contributed by atoms with van der Waals surface area (Å²) >= 11 is 0. The average molecular weight is 138 g/mol. The summed E-state index contributed by atoms with van der Waals surface area (Å²) in [7, 11) is 0. The minimum atomic E-state index is -0.659. The number of nitrogens with one attached hydrogen (secondary N) is 1. The van der Waals surface area contributed by atoms with E-state index in [0.717, 1.165) is 0 Å². The smallest absolute Gasteiger partial charge is 0.262 e. The maximum Gasteiger partial charge on any atom is 0.262 e. The van der Waals surface area contributed by atoms with E-state index in [1.54, 1.807) is 12.2 Å². The van der Waals surface area contributed by atoms with Crippen LogP contribution in [-0.4, -0.2) is 5.91 Å². The highest BCUT2D eigenvalue weighted by Crippen LogP contribution is 1.92. The molecule has 0 spiro atoms. The highest BCUT2D eigenvalue weighted by atomic mass is 16.1. The fourth-order valence-electron chi connectivity index (χ4n) is 0.429. The molecule has 0 bridgehead atoms. The van der Waals surface area contributed by atoms with Crippen molar-refractivity contribution < 1.29 is 4.79 Å². The van der Waals surface area contributed by atoms with Gasteiger partial charge in [0.05, 0.1) is 0 Å². The SMILES string of the molecule is CC(C)C=CC=CC([NH])=O. The third kappa shape index (κ3) is 6.95. The van der Waals surface area contributed by atoms with E-state index < -0.39 is 5.91 Å². The molecule has 0 fully saturated rings. The summed E-state index contributed by atoms with van der Waals surface area (Å²) in [6.07, 6.45) is 6.53. The molecule has 0 aliphatic heterocycles. The summed E-state index contributed by atoms with van der Waals surface area (Å²) in [5.41, 5.74) is 6.50. The van der Waals surface area contributed by atoms with Gasteiger partial charge in [-0.05, 0) is 5.92 Å². The molecule has 0 aliphatic carbocycles. The van der Waals surface area contributed by atoms with Crippen LogP contribution in [0.2, 0.25) is 0 Å². The Labute approximate surface area is 61.4 Å². The van der Waals surface area contributed by atoms with Gasteiger partial charge in [-0.3, -0.25) is 10.5 Å². The van der Waals surface area contributed by atoms with Crippen LogP contribution >= 0.6 is 0 Å². The minimum Gasteiger partial charge on any atom is -0.268 e. The van der Waals surface area contributed by atoms with Crippen LogP contribution in [0.4, 0.5) is 0 Å². The normalized spacial score (nSPS) is 11.9. The Hall–Kier alpha value is -1.05. The first-order chi connectivity index (χ1) is 4.63. The van der Waals surface area contributed by atoms with Gasteiger partial charge in [0.2, 0.25) is 0 Å². The van der Waals surface area contributed by atoms with E-state index in [0.29, 0.717) is 5.92 Å². The monoisotopic (exact) mass is 138 g/mol. The highest BCUT2D eigenvalue weighted by molar-refractivity contribution is 5.85. The molecule has 1 amide bonds. The van der Waals surface area contributed by atoms with Gasteiger partial charge < -0.3 is 0 Å². The maximum absolute atomic E-state index is 10.0. The highest BCUT2D eigenvalue weighted by Gasteiger charge is 1.81. The van der Waals surface area contributed by atoms with Gasteiger partial charge in [-0.25, -0.2) is 0 Å². The zero-order valence-corrected chi connectivity index (χ0v) is 6.29. The van der Waals surface area contributed by atoms with E-state index in [1.165, 1.54) is 6.08 Å². The molecule has 1 N–H and O–H groups in total. The predicted octanol–water partition coefficient (Wildman–Crippen LogP) is 1.56. The van der Waals surface area contributed by atoms with E-state index in [2.05, 4.69) is 0 Å². The first-order valence-electron chi connectivity index (χ1n) is 3.23. The van der Waals surface area contributed by atoms with E-state index in [4.69, 9.17) is 5.73 Å². The topological polar surface area (TPSA) is 40.9 Å². The lowest BCUT2D eigenvalue weighted by Crippen LogP contribution is -1.88. The molecule has 0 rings (SSSR count). The molecule has 2 nitrogen and oxygen atoms in total. The third-order valence-electron chi connectivity index (χ3n) is 0.855. The van der Waals surface area contributed by atoms with Gasteiger partial charge in [0.15, 0.2) is 0 Å². The van der Waals surface area contributed by atoms with Crippen molar-refractivity contribution in [3.8, 4) is 0 Å². The van der Waals surface area contributed by atoms with E-state index in [1.807, 2.05) is 19.9 Å². The second-order valence-corrected chi connectivity index (χ2v) is 2.35. The lowest BCUT2D eigenvalue weighted by Gasteiger charge is -1.88. The minimum absolute atomic E-state index is 0.491. The molecule has 0 saturated heterocycles. The van der Waals surface area contributed by atoms with Gasteiger partial charge in [-0.15, -0.1) is 0 Å². The molecule has 0 aliphatic rings. The summed E-state index contributed by atoms with van der Waals surface area (Å²) < 4.78 is 0. The van der Waals surface area contributed by atoms with E-state index in [9.17, 15) is 4.79 Å². The standard InChI is InChI=1S/C8H12NO/c1-7(2)5-3-4-6-8(9)10/h3-7,9H,1-2H3. The zero-order valence-electron chi connectivity index (χ0n) is 6.29. The molecule has 0 heterocycles. The number of carbonyl (C=O) groups is 1. The van der Waals surface area contributed by atoms with Gasteiger partial charge in [-0.2, -0.15) is 0 Å². The first-order valence-corrected chi connectivity index (χ1v) is 3.23. The third-order valence-corrected chi connectivity index (χ3v) is 0.855. The molecular weight excluding hydrogens is 126 g/mol. The van der Waals surface area contributed by atoms with Crippen molar-refractivity contribution >= 4 is 5.91 Å². The van der Waals surface area contributed by atoms with Crippen LogP contribution in [0.5, 0.6) is 0 Å². The van der Waals surface area contributed by atoms with Crippen LogP contribution in [0.3, 0.4) is 0 Å². The molecule has 55 valence electrons. The summed E-state index contributed by atoms with van der Waals surface area (Å²) in [6, 6.07) is 0. The zero-order chi connectivity index (χ0) is 7.98. The van der Waals surface area contributed by atoms with Gasteiger partial charge in [0, 0.05) is 6.08 Å². The fraction of sp³-hybridized carbons (Fsp3) is 0.375. The van der Waals surface area contributed by atoms with Crippen molar-refractivity contribution in [1.29, 1.82) is 0 Å². The quantitative estimate of drug-likeness (QED) is 0.431.